The molecule has 0 atom stereocenters. The van der Waals surface area contributed by atoms with Crippen LogP contribution in [0.2, 0.25) is 0 Å². The lowest BCUT2D eigenvalue weighted by Gasteiger charge is -2.30. The topological polar surface area (TPSA) is 76.5 Å². The maximum Gasteiger partial charge on any atom is 0.416 e. The molecule has 7 nitrogen and oxygen atoms in total. The van der Waals surface area contributed by atoms with E-state index in [1.807, 2.05) is 0 Å². The molecule has 2 amide bonds. The molecule has 0 saturated carbocycles. The van der Waals surface area contributed by atoms with Gasteiger partial charge in [-0.15, -0.1) is 0 Å². The fourth-order valence-electron chi connectivity index (χ4n) is 3.20. The monoisotopic (exact) mass is 410 g/mol. The molecule has 0 spiro atoms. The number of hydrogen-bond donors (Lipinski definition) is 1. The minimum absolute atomic E-state index is 0.0290. The van der Waals surface area contributed by atoms with Gasteiger partial charge in [0, 0.05) is 31.4 Å². The molecule has 1 aliphatic rings. The van der Waals surface area contributed by atoms with Crippen molar-refractivity contribution in [2.45, 2.75) is 25.9 Å². The van der Waals surface area contributed by atoms with Crippen LogP contribution in [0.5, 0.6) is 0 Å². The van der Waals surface area contributed by atoms with Crippen LogP contribution in [0.4, 0.5) is 23.7 Å². The number of anilines is 1. The van der Waals surface area contributed by atoms with Gasteiger partial charge < -0.3 is 15.0 Å². The minimum Gasteiger partial charge on any atom is -0.450 e. The summed E-state index contributed by atoms with van der Waals surface area (Å²) in [7, 11) is 0. The second-order valence-corrected chi connectivity index (χ2v) is 6.63. The molecule has 1 saturated heterocycles. The van der Waals surface area contributed by atoms with Crippen molar-refractivity contribution >= 4 is 17.7 Å². The summed E-state index contributed by atoms with van der Waals surface area (Å²) in [6, 6.07) is 4.76. The van der Waals surface area contributed by atoms with Gasteiger partial charge in [0.2, 0.25) is 5.91 Å². The van der Waals surface area contributed by atoms with Crippen LogP contribution in [-0.2, 0) is 15.7 Å². The first-order valence-electron chi connectivity index (χ1n) is 9.23. The average Bonchev–Trinajstić information content (AvgIpc) is 3.22. The summed E-state index contributed by atoms with van der Waals surface area (Å²) in [6.45, 7) is 2.69. The van der Waals surface area contributed by atoms with Gasteiger partial charge in [-0.2, -0.15) is 18.3 Å². The van der Waals surface area contributed by atoms with Gasteiger partial charge in [0.05, 0.1) is 23.5 Å². The maximum absolute atomic E-state index is 13.1. The van der Waals surface area contributed by atoms with Gasteiger partial charge in [-0.05, 0) is 44.0 Å². The number of carbonyl (C=O) groups excluding carboxylic acids is 2. The van der Waals surface area contributed by atoms with E-state index in [-0.39, 0.29) is 18.2 Å². The van der Waals surface area contributed by atoms with E-state index in [0.717, 1.165) is 12.1 Å². The lowest BCUT2D eigenvalue weighted by atomic mass is 9.96. The highest BCUT2D eigenvalue weighted by Crippen LogP contribution is 2.33. The Morgan fingerprint density at radius 3 is 2.59 bits per heavy atom. The molecule has 1 aliphatic heterocycles. The molecular weight excluding hydrogens is 389 g/mol. The Morgan fingerprint density at radius 2 is 2.00 bits per heavy atom. The zero-order valence-electron chi connectivity index (χ0n) is 15.8. The number of nitrogens with one attached hydrogen (secondary N) is 1. The van der Waals surface area contributed by atoms with E-state index < -0.39 is 23.8 Å². The van der Waals surface area contributed by atoms with Crippen molar-refractivity contribution in [3.8, 4) is 5.69 Å². The molecule has 10 heteroatoms. The van der Waals surface area contributed by atoms with E-state index in [4.69, 9.17) is 4.74 Å². The third-order valence-corrected chi connectivity index (χ3v) is 4.72. The van der Waals surface area contributed by atoms with Crippen LogP contribution in [-0.4, -0.2) is 46.4 Å². The minimum atomic E-state index is -4.53. The summed E-state index contributed by atoms with van der Waals surface area (Å²) in [5, 5.41) is 6.65. The Kier molecular flexibility index (Phi) is 6.09. The lowest BCUT2D eigenvalue weighted by Crippen LogP contribution is -2.41. The van der Waals surface area contributed by atoms with Gasteiger partial charge in [0.1, 0.15) is 0 Å². The SMILES string of the molecule is CCOC(=O)N1CCC(C(=O)Nc2cc(C(F)(F)F)ccc2-n2cccn2)CC1. The molecule has 2 heterocycles. The number of nitrogens with zero attached hydrogens (tertiary/aromatic N) is 3. The number of ether oxygens (including phenoxy) is 1. The van der Waals surface area contributed by atoms with Crippen molar-refractivity contribution in [3.63, 3.8) is 0 Å². The Morgan fingerprint density at radius 1 is 1.28 bits per heavy atom. The number of carbonyl (C=O) groups is 2. The van der Waals surface area contributed by atoms with Crippen molar-refractivity contribution in [3.05, 3.63) is 42.2 Å². The highest BCUT2D eigenvalue weighted by Gasteiger charge is 2.32. The fourth-order valence-corrected chi connectivity index (χ4v) is 3.20. The Balaban J connectivity index is 1.75. The largest absolute Gasteiger partial charge is 0.450 e. The molecule has 0 radical (unpaired) electrons. The predicted molar refractivity (Wildman–Crippen MR) is 98.5 cm³/mol. The number of benzene rings is 1. The van der Waals surface area contributed by atoms with Gasteiger partial charge >= 0.3 is 12.3 Å². The fraction of sp³-hybridized carbons (Fsp3) is 0.421. The smallest absolute Gasteiger partial charge is 0.416 e. The second-order valence-electron chi connectivity index (χ2n) is 6.63. The zero-order valence-corrected chi connectivity index (χ0v) is 15.8. The Hall–Kier alpha value is -3.04. The van der Waals surface area contributed by atoms with E-state index >= 15 is 0 Å². The number of likely N-dealkylation sites (tertiary alicyclic amines) is 1. The first-order valence-corrected chi connectivity index (χ1v) is 9.23. The Labute approximate surface area is 165 Å². The van der Waals surface area contributed by atoms with Crippen LogP contribution >= 0.6 is 0 Å². The highest BCUT2D eigenvalue weighted by molar-refractivity contribution is 5.94. The summed E-state index contributed by atoms with van der Waals surface area (Å²) in [6.07, 6.45) is -1.08. The van der Waals surface area contributed by atoms with Crippen LogP contribution in [0.15, 0.2) is 36.7 Å². The van der Waals surface area contributed by atoms with Gasteiger partial charge in [-0.1, -0.05) is 0 Å². The third-order valence-electron chi connectivity index (χ3n) is 4.72. The van der Waals surface area contributed by atoms with Crippen LogP contribution in [0, 0.1) is 5.92 Å². The summed E-state index contributed by atoms with van der Waals surface area (Å²) in [4.78, 5) is 26.0. The van der Waals surface area contributed by atoms with Crippen molar-refractivity contribution in [1.29, 1.82) is 0 Å². The van der Waals surface area contributed by atoms with Crippen LogP contribution < -0.4 is 5.32 Å². The average molecular weight is 410 g/mol. The number of piperidine rings is 1. The third kappa shape index (κ3) is 4.87. The number of alkyl halides is 3. The molecule has 29 heavy (non-hydrogen) atoms. The molecule has 1 aromatic carbocycles. The zero-order chi connectivity index (χ0) is 21.0. The molecule has 1 N–H and O–H groups in total. The number of amides is 2. The lowest BCUT2D eigenvalue weighted by molar-refractivity contribution is -0.137. The summed E-state index contributed by atoms with van der Waals surface area (Å²) >= 11 is 0. The van der Waals surface area contributed by atoms with Crippen LogP contribution in [0.1, 0.15) is 25.3 Å². The van der Waals surface area contributed by atoms with Crippen molar-refractivity contribution in [2.24, 2.45) is 5.92 Å². The quantitative estimate of drug-likeness (QED) is 0.834. The number of hydrogen-bond acceptors (Lipinski definition) is 4. The van der Waals surface area contributed by atoms with Gasteiger partial charge in [-0.3, -0.25) is 4.79 Å². The molecule has 1 aromatic heterocycles. The van der Waals surface area contributed by atoms with Gasteiger partial charge in [0.25, 0.3) is 0 Å². The van der Waals surface area contributed by atoms with E-state index in [2.05, 4.69) is 10.4 Å². The van der Waals surface area contributed by atoms with E-state index in [9.17, 15) is 22.8 Å². The number of rotatable bonds is 4. The summed E-state index contributed by atoms with van der Waals surface area (Å²) in [5.74, 6) is -0.804. The van der Waals surface area contributed by atoms with Crippen LogP contribution in [0.25, 0.3) is 5.69 Å². The Bertz CT molecular complexity index is 860. The van der Waals surface area contributed by atoms with Crippen molar-refractivity contribution in [2.75, 3.05) is 25.0 Å². The molecule has 156 valence electrons. The summed E-state index contributed by atoms with van der Waals surface area (Å²) in [5.41, 5.74) is -0.498. The standard InChI is InChI=1S/C19H21F3N4O3/c1-2-29-18(28)25-10-6-13(7-11-25)17(27)24-15-12-14(19(20,21)22)4-5-16(15)26-9-3-8-23-26/h3-5,8-9,12-13H,2,6-7,10-11H2,1H3,(H,24,27). The van der Waals surface area contributed by atoms with E-state index in [1.165, 1.54) is 21.8 Å². The van der Waals surface area contributed by atoms with E-state index in [0.29, 0.717) is 31.6 Å². The number of aromatic nitrogens is 2. The van der Waals surface area contributed by atoms with Crippen molar-refractivity contribution in [1.82, 2.24) is 14.7 Å². The first kappa shape index (κ1) is 20.7. The molecule has 1 fully saturated rings. The van der Waals surface area contributed by atoms with Gasteiger partial charge in [-0.25, -0.2) is 9.48 Å². The van der Waals surface area contributed by atoms with Crippen LogP contribution in [0.3, 0.4) is 0 Å². The second kappa shape index (κ2) is 8.54. The molecule has 0 unspecified atom stereocenters. The van der Waals surface area contributed by atoms with Crippen molar-refractivity contribution < 1.29 is 27.5 Å². The normalized spacial score (nSPS) is 15.2. The number of halogens is 3. The molecule has 2 aromatic rings. The maximum atomic E-state index is 13.1. The first-order chi connectivity index (χ1) is 13.8. The molecular formula is C19H21F3N4O3. The predicted octanol–water partition coefficient (Wildman–Crippen LogP) is 3.70. The highest BCUT2D eigenvalue weighted by atomic mass is 19.4. The molecule has 0 aliphatic carbocycles. The molecule has 0 bridgehead atoms. The van der Waals surface area contributed by atoms with Gasteiger partial charge in [0.15, 0.2) is 0 Å². The molecule has 3 rings (SSSR count). The summed E-state index contributed by atoms with van der Waals surface area (Å²) < 4.78 is 45.7. The van der Waals surface area contributed by atoms with E-state index in [1.54, 1.807) is 19.2 Å².